The van der Waals surface area contributed by atoms with Crippen LogP contribution in [0.2, 0.25) is 0 Å². The van der Waals surface area contributed by atoms with Gasteiger partial charge in [-0.05, 0) is 37.1 Å². The first-order chi connectivity index (χ1) is 9.32. The minimum Gasteiger partial charge on any atom is -0.381 e. The summed E-state index contributed by atoms with van der Waals surface area (Å²) in [4.78, 5) is 0.293. The van der Waals surface area contributed by atoms with Crippen LogP contribution in [0, 0.1) is 0 Å². The van der Waals surface area contributed by atoms with Crippen LogP contribution < -0.4 is 5.32 Å². The standard InChI is InChI=1S/C13H19NO4S2/c1-2-20(17,18)13-7-5-11(6-8-13)14-12-4-3-9-19(15,16)10-12/h5-8,12,14H,2-4,9-10H2,1H3. The van der Waals surface area contributed by atoms with E-state index in [1.807, 2.05) is 0 Å². The van der Waals surface area contributed by atoms with Gasteiger partial charge >= 0.3 is 0 Å². The van der Waals surface area contributed by atoms with Crippen molar-refractivity contribution < 1.29 is 16.8 Å². The van der Waals surface area contributed by atoms with Crippen LogP contribution in [0.25, 0.3) is 0 Å². The molecule has 20 heavy (non-hydrogen) atoms. The molecule has 0 spiro atoms. The van der Waals surface area contributed by atoms with Crippen molar-refractivity contribution in [2.24, 2.45) is 0 Å². The molecule has 1 unspecified atom stereocenters. The average Bonchev–Trinajstić information content (AvgIpc) is 2.38. The van der Waals surface area contributed by atoms with Crippen LogP contribution in [0.15, 0.2) is 29.2 Å². The first-order valence-electron chi connectivity index (χ1n) is 6.62. The molecule has 0 bridgehead atoms. The van der Waals surface area contributed by atoms with E-state index in [-0.39, 0.29) is 23.3 Å². The second kappa shape index (κ2) is 5.73. The van der Waals surface area contributed by atoms with E-state index in [9.17, 15) is 16.8 Å². The average molecular weight is 317 g/mol. The van der Waals surface area contributed by atoms with Crippen LogP contribution in [0.4, 0.5) is 5.69 Å². The van der Waals surface area contributed by atoms with E-state index in [0.29, 0.717) is 11.3 Å². The van der Waals surface area contributed by atoms with Gasteiger partial charge in [-0.1, -0.05) is 6.92 Å². The molecule has 1 aliphatic rings. The van der Waals surface area contributed by atoms with Gasteiger partial charge in [0.15, 0.2) is 19.7 Å². The first kappa shape index (κ1) is 15.3. The van der Waals surface area contributed by atoms with Gasteiger partial charge in [0, 0.05) is 11.7 Å². The van der Waals surface area contributed by atoms with Gasteiger partial charge in [0.2, 0.25) is 0 Å². The minimum atomic E-state index is -3.19. The lowest BCUT2D eigenvalue weighted by Crippen LogP contribution is -2.34. The molecule has 1 aromatic rings. The maximum Gasteiger partial charge on any atom is 0.178 e. The van der Waals surface area contributed by atoms with E-state index < -0.39 is 19.7 Å². The molecule has 1 atom stereocenters. The van der Waals surface area contributed by atoms with Gasteiger partial charge in [-0.2, -0.15) is 0 Å². The van der Waals surface area contributed by atoms with Crippen LogP contribution in [-0.4, -0.2) is 40.1 Å². The molecule has 0 saturated carbocycles. The van der Waals surface area contributed by atoms with Crippen molar-refractivity contribution in [1.29, 1.82) is 0 Å². The molecule has 112 valence electrons. The number of rotatable bonds is 4. The summed E-state index contributed by atoms with van der Waals surface area (Å²) in [5.74, 6) is 0.474. The Morgan fingerprint density at radius 1 is 1.25 bits per heavy atom. The fourth-order valence-corrected chi connectivity index (χ4v) is 4.82. The normalized spacial score (nSPS) is 22.4. The van der Waals surface area contributed by atoms with E-state index >= 15 is 0 Å². The zero-order valence-corrected chi connectivity index (χ0v) is 13.0. The van der Waals surface area contributed by atoms with Gasteiger partial charge in [0.1, 0.15) is 0 Å². The monoisotopic (exact) mass is 317 g/mol. The summed E-state index contributed by atoms with van der Waals surface area (Å²) < 4.78 is 46.5. The SMILES string of the molecule is CCS(=O)(=O)c1ccc(NC2CCCS(=O)(=O)C2)cc1. The highest BCUT2D eigenvalue weighted by Crippen LogP contribution is 2.19. The van der Waals surface area contributed by atoms with Crippen molar-refractivity contribution in [3.8, 4) is 0 Å². The summed E-state index contributed by atoms with van der Waals surface area (Å²) in [6, 6.07) is 6.38. The Hall–Kier alpha value is -1.08. The van der Waals surface area contributed by atoms with Crippen LogP contribution >= 0.6 is 0 Å². The number of hydrogen-bond donors (Lipinski definition) is 1. The predicted molar refractivity (Wildman–Crippen MR) is 79.5 cm³/mol. The van der Waals surface area contributed by atoms with Crippen molar-refractivity contribution >= 4 is 25.4 Å². The Morgan fingerprint density at radius 2 is 1.90 bits per heavy atom. The summed E-state index contributed by atoms with van der Waals surface area (Å²) in [7, 11) is -6.14. The molecule has 0 aromatic heterocycles. The first-order valence-corrected chi connectivity index (χ1v) is 10.1. The molecule has 1 N–H and O–H groups in total. The second-order valence-electron chi connectivity index (χ2n) is 5.03. The second-order valence-corrected chi connectivity index (χ2v) is 9.53. The van der Waals surface area contributed by atoms with Crippen molar-refractivity contribution in [3.63, 3.8) is 0 Å². The molecule has 0 amide bonds. The molecule has 2 rings (SSSR count). The Balaban J connectivity index is 2.08. The maximum atomic E-state index is 11.7. The van der Waals surface area contributed by atoms with Crippen LogP contribution in [0.1, 0.15) is 19.8 Å². The van der Waals surface area contributed by atoms with E-state index in [4.69, 9.17) is 0 Å². The fraction of sp³-hybridized carbons (Fsp3) is 0.538. The Bertz CT molecular complexity index is 663. The van der Waals surface area contributed by atoms with Gasteiger partial charge in [-0.25, -0.2) is 16.8 Å². The lowest BCUT2D eigenvalue weighted by Gasteiger charge is -2.24. The van der Waals surface area contributed by atoms with Crippen molar-refractivity contribution in [3.05, 3.63) is 24.3 Å². The summed E-state index contributed by atoms with van der Waals surface area (Å²) in [6.45, 7) is 1.61. The largest absolute Gasteiger partial charge is 0.381 e. The summed E-state index contributed by atoms with van der Waals surface area (Å²) in [6.07, 6.45) is 1.48. The van der Waals surface area contributed by atoms with E-state index in [0.717, 1.165) is 12.1 Å². The molecule has 1 aromatic carbocycles. The predicted octanol–water partition coefficient (Wildman–Crippen LogP) is 1.47. The van der Waals surface area contributed by atoms with Crippen molar-refractivity contribution in [2.45, 2.75) is 30.7 Å². The minimum absolute atomic E-state index is 0.0701. The van der Waals surface area contributed by atoms with Crippen LogP contribution in [-0.2, 0) is 19.7 Å². The van der Waals surface area contributed by atoms with E-state index in [2.05, 4.69) is 5.32 Å². The topological polar surface area (TPSA) is 80.3 Å². The zero-order valence-electron chi connectivity index (χ0n) is 11.4. The summed E-state index contributed by atoms with van der Waals surface area (Å²) in [5, 5.41) is 3.16. The van der Waals surface area contributed by atoms with Crippen LogP contribution in [0.3, 0.4) is 0 Å². The number of hydrogen-bond acceptors (Lipinski definition) is 5. The van der Waals surface area contributed by atoms with Crippen molar-refractivity contribution in [2.75, 3.05) is 22.6 Å². The molecule has 0 aliphatic carbocycles. The molecular formula is C13H19NO4S2. The lowest BCUT2D eigenvalue weighted by atomic mass is 10.2. The summed E-state index contributed by atoms with van der Waals surface area (Å²) in [5.41, 5.74) is 0.752. The number of sulfone groups is 2. The third-order valence-electron chi connectivity index (χ3n) is 3.43. The number of anilines is 1. The maximum absolute atomic E-state index is 11.7. The molecule has 1 heterocycles. The van der Waals surface area contributed by atoms with Gasteiger partial charge in [-0.3, -0.25) is 0 Å². The number of benzene rings is 1. The third-order valence-corrected chi connectivity index (χ3v) is 7.00. The summed E-state index contributed by atoms with van der Waals surface area (Å²) >= 11 is 0. The molecule has 1 aliphatic heterocycles. The quantitative estimate of drug-likeness (QED) is 0.909. The van der Waals surface area contributed by atoms with Crippen molar-refractivity contribution in [1.82, 2.24) is 0 Å². The van der Waals surface area contributed by atoms with Gasteiger partial charge in [0.25, 0.3) is 0 Å². The molecule has 1 fully saturated rings. The van der Waals surface area contributed by atoms with Gasteiger partial charge < -0.3 is 5.32 Å². The van der Waals surface area contributed by atoms with Crippen LogP contribution in [0.5, 0.6) is 0 Å². The third kappa shape index (κ3) is 3.73. The Kier molecular flexibility index (Phi) is 4.39. The molecule has 1 saturated heterocycles. The molecule has 0 radical (unpaired) electrons. The smallest absolute Gasteiger partial charge is 0.178 e. The van der Waals surface area contributed by atoms with E-state index in [1.54, 1.807) is 31.2 Å². The highest BCUT2D eigenvalue weighted by Gasteiger charge is 2.24. The Morgan fingerprint density at radius 3 is 2.45 bits per heavy atom. The lowest BCUT2D eigenvalue weighted by molar-refractivity contribution is 0.562. The molecule has 5 nitrogen and oxygen atoms in total. The fourth-order valence-electron chi connectivity index (χ4n) is 2.30. The number of nitrogens with one attached hydrogen (secondary N) is 1. The highest BCUT2D eigenvalue weighted by molar-refractivity contribution is 7.91. The molecule has 7 heteroatoms. The van der Waals surface area contributed by atoms with E-state index in [1.165, 1.54) is 0 Å². The highest BCUT2D eigenvalue weighted by atomic mass is 32.2. The van der Waals surface area contributed by atoms with Gasteiger partial charge in [0.05, 0.1) is 22.2 Å². The van der Waals surface area contributed by atoms with Gasteiger partial charge in [-0.15, -0.1) is 0 Å². The Labute approximate surface area is 120 Å². The molecular weight excluding hydrogens is 298 g/mol. The zero-order chi connectivity index (χ0) is 14.8.